The van der Waals surface area contributed by atoms with Crippen LogP contribution in [0.15, 0.2) is 30.6 Å². The summed E-state index contributed by atoms with van der Waals surface area (Å²) < 4.78 is 20.0. The molecule has 0 unspecified atom stereocenters. The number of rotatable bonds is 2. The second-order valence-electron chi connectivity index (χ2n) is 4.37. The third-order valence-corrected chi connectivity index (χ3v) is 3.99. The summed E-state index contributed by atoms with van der Waals surface area (Å²) in [5.74, 6) is -0.641. The zero-order valence-corrected chi connectivity index (χ0v) is 11.7. The van der Waals surface area contributed by atoms with Crippen LogP contribution in [0.4, 0.5) is 4.39 Å². The molecule has 4 nitrogen and oxygen atoms in total. The number of methoxy groups -OCH3 is 1. The molecule has 1 aromatic carbocycles. The minimum Gasteiger partial charge on any atom is -0.465 e. The van der Waals surface area contributed by atoms with Crippen LogP contribution in [0.25, 0.3) is 16.2 Å². The first-order valence-corrected chi connectivity index (χ1v) is 6.73. The Morgan fingerprint density at radius 2 is 2.20 bits per heavy atom. The molecule has 0 atom stereocenters. The minimum atomic E-state index is -0.386. The van der Waals surface area contributed by atoms with Crippen LogP contribution >= 0.6 is 11.3 Å². The Bertz CT molecular complexity index is 775. The normalized spacial score (nSPS) is 10.9. The van der Waals surface area contributed by atoms with Crippen LogP contribution in [0.1, 0.15) is 15.2 Å². The Morgan fingerprint density at radius 3 is 2.85 bits per heavy atom. The third-order valence-electron chi connectivity index (χ3n) is 3.01. The van der Waals surface area contributed by atoms with E-state index in [0.717, 1.165) is 0 Å². The number of ether oxygens (including phenoxy) is 1. The number of carbonyl (C=O) groups excluding carboxylic acids is 1. The number of thiazole rings is 1. The Balaban J connectivity index is 2.03. The molecule has 0 aliphatic rings. The summed E-state index contributed by atoms with van der Waals surface area (Å²) in [6.45, 7) is 1.72. The zero-order chi connectivity index (χ0) is 14.3. The Morgan fingerprint density at radius 1 is 1.40 bits per heavy atom. The molecule has 20 heavy (non-hydrogen) atoms. The van der Waals surface area contributed by atoms with Crippen molar-refractivity contribution in [3.05, 3.63) is 46.9 Å². The summed E-state index contributed by atoms with van der Waals surface area (Å²) in [4.78, 5) is 17.0. The number of benzene rings is 1. The van der Waals surface area contributed by atoms with Gasteiger partial charge < -0.3 is 4.74 Å². The molecule has 0 aliphatic heterocycles. The maximum absolute atomic E-state index is 13.6. The van der Waals surface area contributed by atoms with Crippen LogP contribution < -0.4 is 0 Å². The predicted molar refractivity (Wildman–Crippen MR) is 74.5 cm³/mol. The lowest BCUT2D eigenvalue weighted by Crippen LogP contribution is -1.97. The zero-order valence-electron chi connectivity index (χ0n) is 10.9. The van der Waals surface area contributed by atoms with E-state index in [0.29, 0.717) is 26.7 Å². The van der Waals surface area contributed by atoms with E-state index in [2.05, 4.69) is 9.72 Å². The van der Waals surface area contributed by atoms with Crippen LogP contribution in [-0.4, -0.2) is 22.5 Å². The van der Waals surface area contributed by atoms with Gasteiger partial charge in [0.2, 0.25) is 0 Å². The molecule has 6 heteroatoms. The second kappa shape index (κ2) is 4.72. The number of nitrogens with zero attached hydrogens (tertiary/aromatic N) is 2. The van der Waals surface area contributed by atoms with Gasteiger partial charge in [0, 0.05) is 18.0 Å². The lowest BCUT2D eigenvalue weighted by molar-refractivity contribution is 0.0606. The molecule has 0 bridgehead atoms. The molecule has 2 heterocycles. The standard InChI is InChI=1S/C14H11FN2O2S/c1-8-3-4-9(5-10(8)15)11-6-17-7-12(13(18)19-2)20-14(17)16-11/h3-7H,1-2H3. The molecular weight excluding hydrogens is 279 g/mol. The first-order chi connectivity index (χ1) is 9.58. The Hall–Kier alpha value is -2.21. The summed E-state index contributed by atoms with van der Waals surface area (Å²) in [6.07, 6.45) is 3.43. The van der Waals surface area contributed by atoms with Crippen molar-refractivity contribution >= 4 is 22.3 Å². The minimum absolute atomic E-state index is 0.255. The van der Waals surface area contributed by atoms with Crippen molar-refractivity contribution in [2.45, 2.75) is 6.92 Å². The molecule has 3 aromatic rings. The van der Waals surface area contributed by atoms with Gasteiger partial charge in [-0.25, -0.2) is 14.2 Å². The number of carbonyl (C=O) groups is 1. The van der Waals surface area contributed by atoms with E-state index in [1.165, 1.54) is 24.5 Å². The number of aromatic nitrogens is 2. The fourth-order valence-electron chi connectivity index (χ4n) is 1.88. The predicted octanol–water partition coefficient (Wildman–Crippen LogP) is 3.30. The molecular formula is C14H11FN2O2S. The van der Waals surface area contributed by atoms with Crippen LogP contribution in [0.5, 0.6) is 0 Å². The van der Waals surface area contributed by atoms with Gasteiger partial charge in [-0.15, -0.1) is 0 Å². The van der Waals surface area contributed by atoms with E-state index < -0.39 is 0 Å². The number of halogens is 1. The number of hydrogen-bond donors (Lipinski definition) is 0. The molecule has 102 valence electrons. The number of esters is 1. The fourth-order valence-corrected chi connectivity index (χ4v) is 2.77. The van der Waals surface area contributed by atoms with Gasteiger partial charge in [-0.05, 0) is 18.6 Å². The number of hydrogen-bond acceptors (Lipinski definition) is 4. The van der Waals surface area contributed by atoms with Crippen molar-refractivity contribution in [1.29, 1.82) is 0 Å². The maximum atomic E-state index is 13.6. The highest BCUT2D eigenvalue weighted by molar-refractivity contribution is 7.18. The molecule has 3 rings (SSSR count). The molecule has 0 spiro atoms. The molecule has 0 N–H and O–H groups in total. The van der Waals surface area contributed by atoms with Crippen LogP contribution in [-0.2, 0) is 4.74 Å². The van der Waals surface area contributed by atoms with E-state index in [9.17, 15) is 9.18 Å². The van der Waals surface area contributed by atoms with E-state index in [1.807, 2.05) is 6.07 Å². The summed E-state index contributed by atoms with van der Waals surface area (Å²) in [5.41, 5.74) is 1.98. The second-order valence-corrected chi connectivity index (χ2v) is 5.38. The Labute approximate surface area is 118 Å². The lowest BCUT2D eigenvalue weighted by Gasteiger charge is -1.99. The van der Waals surface area contributed by atoms with E-state index in [4.69, 9.17) is 0 Å². The van der Waals surface area contributed by atoms with Crippen LogP contribution in [0.3, 0.4) is 0 Å². The molecule has 0 amide bonds. The summed E-state index contributed by atoms with van der Waals surface area (Å²) in [7, 11) is 1.34. The van der Waals surface area contributed by atoms with Gasteiger partial charge in [0.15, 0.2) is 4.96 Å². The largest absolute Gasteiger partial charge is 0.465 e. The van der Waals surface area contributed by atoms with Crippen molar-refractivity contribution in [2.24, 2.45) is 0 Å². The number of fused-ring (bicyclic) bond motifs is 1. The average Bonchev–Trinajstić information content (AvgIpc) is 2.99. The van der Waals surface area contributed by atoms with E-state index >= 15 is 0 Å². The maximum Gasteiger partial charge on any atom is 0.349 e. The first kappa shape index (κ1) is 12.8. The van der Waals surface area contributed by atoms with Gasteiger partial charge in [0.05, 0.1) is 12.8 Å². The van der Waals surface area contributed by atoms with Crippen LogP contribution in [0, 0.1) is 12.7 Å². The first-order valence-electron chi connectivity index (χ1n) is 5.92. The topological polar surface area (TPSA) is 43.6 Å². The van der Waals surface area contributed by atoms with Gasteiger partial charge in [-0.2, -0.15) is 0 Å². The Kier molecular flexibility index (Phi) is 3.02. The average molecular weight is 290 g/mol. The SMILES string of the molecule is COC(=O)c1cn2cc(-c3ccc(C)c(F)c3)nc2s1. The number of aryl methyl sites for hydroxylation is 1. The van der Waals surface area contributed by atoms with Crippen molar-refractivity contribution < 1.29 is 13.9 Å². The molecule has 0 radical (unpaired) electrons. The van der Waals surface area contributed by atoms with Gasteiger partial charge in [0.25, 0.3) is 0 Å². The molecule has 0 saturated heterocycles. The fraction of sp³-hybridized carbons (Fsp3) is 0.143. The molecule has 0 fully saturated rings. The third kappa shape index (κ3) is 2.08. The molecule has 2 aromatic heterocycles. The van der Waals surface area contributed by atoms with E-state index in [-0.39, 0.29) is 11.8 Å². The summed E-state index contributed by atoms with van der Waals surface area (Å²) >= 11 is 1.24. The molecule has 0 saturated carbocycles. The smallest absolute Gasteiger partial charge is 0.349 e. The van der Waals surface area contributed by atoms with Crippen molar-refractivity contribution in [3.63, 3.8) is 0 Å². The monoisotopic (exact) mass is 290 g/mol. The molecule has 0 aliphatic carbocycles. The van der Waals surface area contributed by atoms with Gasteiger partial charge in [-0.1, -0.05) is 23.5 Å². The van der Waals surface area contributed by atoms with Crippen molar-refractivity contribution in [2.75, 3.05) is 7.11 Å². The summed E-state index contributed by atoms with van der Waals surface area (Å²) in [5, 5.41) is 0. The van der Waals surface area contributed by atoms with Gasteiger partial charge in [0.1, 0.15) is 10.7 Å². The van der Waals surface area contributed by atoms with Crippen molar-refractivity contribution in [3.8, 4) is 11.3 Å². The van der Waals surface area contributed by atoms with Crippen molar-refractivity contribution in [1.82, 2.24) is 9.38 Å². The number of imidazole rings is 1. The quantitative estimate of drug-likeness (QED) is 0.680. The highest BCUT2D eigenvalue weighted by Crippen LogP contribution is 2.25. The summed E-state index contributed by atoms with van der Waals surface area (Å²) in [6, 6.07) is 5.01. The van der Waals surface area contributed by atoms with Crippen LogP contribution in [0.2, 0.25) is 0 Å². The highest BCUT2D eigenvalue weighted by atomic mass is 32.1. The van der Waals surface area contributed by atoms with Gasteiger partial charge >= 0.3 is 5.97 Å². The van der Waals surface area contributed by atoms with E-state index in [1.54, 1.807) is 29.8 Å². The van der Waals surface area contributed by atoms with Gasteiger partial charge in [-0.3, -0.25) is 4.40 Å². The lowest BCUT2D eigenvalue weighted by atomic mass is 10.1. The highest BCUT2D eigenvalue weighted by Gasteiger charge is 2.13.